The third kappa shape index (κ3) is 4.03. The van der Waals surface area contributed by atoms with Crippen LogP contribution in [0.3, 0.4) is 0 Å². The van der Waals surface area contributed by atoms with Gasteiger partial charge in [-0.05, 0) is 31.2 Å². The van der Waals surface area contributed by atoms with Gasteiger partial charge in [0.1, 0.15) is 5.75 Å². The van der Waals surface area contributed by atoms with Crippen molar-refractivity contribution in [1.29, 1.82) is 0 Å². The lowest BCUT2D eigenvalue weighted by atomic mass is 10.2. The molecule has 5 nitrogen and oxygen atoms in total. The highest BCUT2D eigenvalue weighted by Gasteiger charge is 2.18. The second kappa shape index (κ2) is 8.69. The minimum absolute atomic E-state index is 0.582. The fraction of sp³-hybridized carbons (Fsp3) is 0.167. The van der Waals surface area contributed by atoms with Crippen LogP contribution in [-0.2, 0) is 0 Å². The van der Waals surface area contributed by atoms with E-state index in [-0.39, 0.29) is 0 Å². The molecule has 128 valence electrons. The van der Waals surface area contributed by atoms with Crippen molar-refractivity contribution in [2.45, 2.75) is 12.1 Å². The van der Waals surface area contributed by atoms with Crippen molar-refractivity contribution >= 4 is 23.4 Å². The molecule has 0 aliphatic heterocycles. The Morgan fingerprint density at radius 3 is 2.84 bits per heavy atom. The zero-order valence-electron chi connectivity index (χ0n) is 13.7. The van der Waals surface area contributed by atoms with E-state index in [9.17, 15) is 0 Å². The number of benzene rings is 1. The minimum atomic E-state index is 0.582. The van der Waals surface area contributed by atoms with Crippen molar-refractivity contribution in [3.05, 3.63) is 60.4 Å². The summed E-state index contributed by atoms with van der Waals surface area (Å²) >= 11 is 7.18. The summed E-state index contributed by atoms with van der Waals surface area (Å²) in [6.07, 6.45) is 5.37. The number of nitrogens with zero attached hydrogens (tertiary/aromatic N) is 4. The molecule has 7 heteroatoms. The smallest absolute Gasteiger partial charge is 0.196 e. The second-order valence-electron chi connectivity index (χ2n) is 4.96. The molecule has 2 heterocycles. The third-order valence-corrected chi connectivity index (χ3v) is 4.42. The first-order chi connectivity index (χ1) is 12.3. The summed E-state index contributed by atoms with van der Waals surface area (Å²) in [4.78, 5) is 4.19. The number of halogens is 1. The van der Waals surface area contributed by atoms with Gasteiger partial charge in [-0.3, -0.25) is 9.55 Å². The number of aromatic nitrogens is 4. The van der Waals surface area contributed by atoms with Crippen LogP contribution in [0.2, 0.25) is 0 Å². The molecule has 1 aromatic carbocycles. The second-order valence-corrected chi connectivity index (χ2v) is 6.20. The maximum atomic E-state index is 5.80. The average Bonchev–Trinajstić information content (AvgIpc) is 3.07. The summed E-state index contributed by atoms with van der Waals surface area (Å²) in [7, 11) is 0. The monoisotopic (exact) mass is 372 g/mol. The molecule has 0 radical (unpaired) electrons. The highest BCUT2D eigenvalue weighted by molar-refractivity contribution is 7.99. The first-order valence-electron chi connectivity index (χ1n) is 7.81. The highest BCUT2D eigenvalue weighted by Crippen LogP contribution is 2.32. The number of para-hydroxylation sites is 2. The molecule has 0 N–H and O–H groups in total. The fourth-order valence-corrected chi connectivity index (χ4v) is 3.29. The molecule has 3 aromatic rings. The lowest BCUT2D eigenvalue weighted by Crippen LogP contribution is -2.04. The number of hydrogen-bond donors (Lipinski definition) is 0. The minimum Gasteiger partial charge on any atom is -0.492 e. The van der Waals surface area contributed by atoms with E-state index in [1.165, 1.54) is 5.54 Å². The van der Waals surface area contributed by atoms with Gasteiger partial charge in [-0.1, -0.05) is 41.6 Å². The zero-order valence-corrected chi connectivity index (χ0v) is 15.2. The molecule has 0 atom stereocenters. The van der Waals surface area contributed by atoms with Gasteiger partial charge in [0.15, 0.2) is 11.0 Å². The third-order valence-electron chi connectivity index (χ3n) is 3.36. The number of ether oxygens (including phenoxy) is 1. The lowest BCUT2D eigenvalue weighted by molar-refractivity contribution is 0.338. The van der Waals surface area contributed by atoms with Gasteiger partial charge in [-0.2, -0.15) is 0 Å². The Morgan fingerprint density at radius 2 is 2.08 bits per heavy atom. The largest absolute Gasteiger partial charge is 0.492 e. The molecular formula is C18H17ClN4OS. The molecule has 0 aliphatic rings. The molecule has 0 spiro atoms. The van der Waals surface area contributed by atoms with E-state index in [4.69, 9.17) is 16.3 Å². The van der Waals surface area contributed by atoms with Crippen molar-refractivity contribution in [3.63, 3.8) is 0 Å². The van der Waals surface area contributed by atoms with Crippen LogP contribution in [0.5, 0.6) is 5.75 Å². The number of hydrogen-bond acceptors (Lipinski definition) is 5. The maximum Gasteiger partial charge on any atom is 0.196 e. The van der Waals surface area contributed by atoms with Crippen LogP contribution in [0, 0.1) is 0 Å². The molecule has 25 heavy (non-hydrogen) atoms. The zero-order chi connectivity index (χ0) is 17.5. The van der Waals surface area contributed by atoms with Gasteiger partial charge in [-0.15, -0.1) is 10.2 Å². The van der Waals surface area contributed by atoms with Crippen molar-refractivity contribution in [3.8, 4) is 22.8 Å². The standard InChI is InChI=1S/C18H17ClN4OS/c1-2-24-16-9-4-3-8-15(16)23-17(14-7-5-11-20-13-14)21-22-18(23)25-12-6-10-19/h3-11,13H,2,12H2,1H3/b10-6+. The van der Waals surface area contributed by atoms with Gasteiger partial charge >= 0.3 is 0 Å². The molecule has 0 bridgehead atoms. The van der Waals surface area contributed by atoms with Crippen LogP contribution in [0.1, 0.15) is 6.92 Å². The Balaban J connectivity index is 2.13. The Labute approximate surface area is 155 Å². The number of pyridine rings is 1. The lowest BCUT2D eigenvalue weighted by Gasteiger charge is -2.14. The molecule has 0 unspecified atom stereocenters. The van der Waals surface area contributed by atoms with Crippen molar-refractivity contribution < 1.29 is 4.74 Å². The first-order valence-corrected chi connectivity index (χ1v) is 9.23. The van der Waals surface area contributed by atoms with Gasteiger partial charge in [0.05, 0.1) is 12.3 Å². The highest BCUT2D eigenvalue weighted by atomic mass is 35.5. The van der Waals surface area contributed by atoms with E-state index in [1.807, 2.05) is 54.0 Å². The molecule has 0 amide bonds. The molecular weight excluding hydrogens is 356 g/mol. The average molecular weight is 373 g/mol. The quantitative estimate of drug-likeness (QED) is 0.568. The van der Waals surface area contributed by atoms with Gasteiger partial charge in [-0.25, -0.2) is 0 Å². The summed E-state index contributed by atoms with van der Waals surface area (Å²) in [5.74, 6) is 2.20. The summed E-state index contributed by atoms with van der Waals surface area (Å²) < 4.78 is 7.79. The number of rotatable bonds is 7. The van der Waals surface area contributed by atoms with Crippen LogP contribution >= 0.6 is 23.4 Å². The van der Waals surface area contributed by atoms with Gasteiger partial charge in [0, 0.05) is 29.2 Å². The molecule has 0 saturated carbocycles. The van der Waals surface area contributed by atoms with Crippen molar-refractivity contribution in [2.24, 2.45) is 0 Å². The Bertz CT molecular complexity index is 851. The fourth-order valence-electron chi connectivity index (χ4n) is 2.34. The normalized spacial score (nSPS) is 11.1. The van der Waals surface area contributed by atoms with E-state index in [0.29, 0.717) is 12.4 Å². The van der Waals surface area contributed by atoms with Crippen LogP contribution in [0.4, 0.5) is 0 Å². The Hall–Kier alpha value is -2.31. The predicted molar refractivity (Wildman–Crippen MR) is 101 cm³/mol. The Kier molecular flexibility index (Phi) is 6.09. The predicted octanol–water partition coefficient (Wildman–Crippen LogP) is 4.57. The topological polar surface area (TPSA) is 52.8 Å². The molecule has 0 aliphatic carbocycles. The van der Waals surface area contributed by atoms with Gasteiger partial charge in [0.25, 0.3) is 0 Å². The van der Waals surface area contributed by atoms with E-state index >= 15 is 0 Å². The van der Waals surface area contributed by atoms with Crippen molar-refractivity contribution in [2.75, 3.05) is 12.4 Å². The van der Waals surface area contributed by atoms with Crippen LogP contribution < -0.4 is 4.74 Å². The Morgan fingerprint density at radius 1 is 1.20 bits per heavy atom. The summed E-state index contributed by atoms with van der Waals surface area (Å²) in [6.45, 7) is 2.55. The molecule has 3 rings (SSSR count). The number of thioether (sulfide) groups is 1. The van der Waals surface area contributed by atoms with Gasteiger partial charge in [0.2, 0.25) is 0 Å². The van der Waals surface area contributed by atoms with Crippen LogP contribution in [0.15, 0.2) is 65.6 Å². The summed E-state index contributed by atoms with van der Waals surface area (Å²) in [5, 5.41) is 9.50. The van der Waals surface area contributed by atoms with Gasteiger partial charge < -0.3 is 4.74 Å². The summed E-state index contributed by atoms with van der Waals surface area (Å²) in [5.41, 5.74) is 3.29. The van der Waals surface area contributed by atoms with Crippen LogP contribution in [-0.4, -0.2) is 32.1 Å². The van der Waals surface area contributed by atoms with Crippen LogP contribution in [0.25, 0.3) is 17.1 Å². The van der Waals surface area contributed by atoms with E-state index < -0.39 is 0 Å². The SMILES string of the molecule is CCOc1ccccc1-n1c(SC/C=C/Cl)nnc1-c1cccnc1. The molecule has 2 aromatic heterocycles. The molecule has 0 fully saturated rings. The van der Waals surface area contributed by atoms with E-state index in [0.717, 1.165) is 28.0 Å². The molecule has 0 saturated heterocycles. The maximum absolute atomic E-state index is 5.80. The van der Waals surface area contributed by atoms with E-state index in [1.54, 1.807) is 24.2 Å². The van der Waals surface area contributed by atoms with E-state index in [2.05, 4.69) is 15.2 Å². The van der Waals surface area contributed by atoms with Crippen molar-refractivity contribution in [1.82, 2.24) is 19.7 Å². The first kappa shape index (κ1) is 17.5. The summed E-state index contributed by atoms with van der Waals surface area (Å²) in [6, 6.07) is 11.7.